The van der Waals surface area contributed by atoms with Crippen molar-refractivity contribution >= 4 is 26.7 Å². The highest BCUT2D eigenvalue weighted by molar-refractivity contribution is 7.65. The lowest BCUT2D eigenvalue weighted by Crippen LogP contribution is -1.73. The van der Waals surface area contributed by atoms with E-state index in [1.54, 1.807) is 10.6 Å². The zero-order chi connectivity index (χ0) is 17.9. The van der Waals surface area contributed by atoms with Crippen LogP contribution >= 0.6 is 26.7 Å². The molecule has 128 valence electrons. The van der Waals surface area contributed by atoms with E-state index < -0.39 is 7.53 Å². The van der Waals surface area contributed by atoms with Gasteiger partial charge in [-0.15, -0.1) is 17.2 Å². The lowest BCUT2D eigenvalue weighted by Gasteiger charge is -2.08. The Kier molecular flexibility index (Phi) is 4.63. The fraction of sp³-hybridized carbons (Fsp3) is 0.381. The van der Waals surface area contributed by atoms with Crippen LogP contribution in [0.25, 0.3) is 10.6 Å². The molecule has 0 aliphatic carbocycles. The summed E-state index contributed by atoms with van der Waals surface area (Å²) in [5, 5.41) is 10.0. The van der Waals surface area contributed by atoms with Gasteiger partial charge in [0.05, 0.1) is 10.6 Å². The van der Waals surface area contributed by atoms with Crippen molar-refractivity contribution < 1.29 is 0 Å². The molecular weight excluding hydrogens is 350 g/mol. The van der Waals surface area contributed by atoms with Gasteiger partial charge >= 0.3 is 0 Å². The molecule has 2 heterocycles. The Morgan fingerprint density at radius 2 is 1.38 bits per heavy atom. The van der Waals surface area contributed by atoms with E-state index in [-0.39, 0.29) is 7.53 Å². The highest BCUT2D eigenvalue weighted by Crippen LogP contribution is 2.63. The van der Waals surface area contributed by atoms with Crippen molar-refractivity contribution in [2.45, 2.75) is 55.4 Å². The van der Waals surface area contributed by atoms with E-state index in [0.717, 1.165) is 5.02 Å². The van der Waals surface area contributed by atoms with Crippen LogP contribution in [-0.4, -0.2) is 0 Å². The summed E-state index contributed by atoms with van der Waals surface area (Å²) < 4.78 is 0. The van der Waals surface area contributed by atoms with E-state index in [1.807, 2.05) is 0 Å². The predicted molar refractivity (Wildman–Crippen MR) is 113 cm³/mol. The molecule has 1 aromatic carbocycles. The van der Waals surface area contributed by atoms with Crippen LogP contribution in [0.1, 0.15) is 43.4 Å². The standard InChI is InChI=1S/C21H26ClP2/c1-11-12(2)16(6)23(15(11)5)20-10-9-19(22)21(20)24-17(7)13(3)14(4)18(24)8/h9-10H,1-8H3/q-1. The van der Waals surface area contributed by atoms with Crippen LogP contribution in [0.15, 0.2) is 12.1 Å². The minimum absolute atomic E-state index is 0.378. The Morgan fingerprint density at radius 3 is 1.83 bits per heavy atom. The molecule has 0 bridgehead atoms. The molecule has 0 aliphatic rings. The first kappa shape index (κ1) is 18.0. The van der Waals surface area contributed by atoms with Gasteiger partial charge in [-0.25, -0.2) is 0 Å². The summed E-state index contributed by atoms with van der Waals surface area (Å²) in [6.45, 7) is 18.3. The van der Waals surface area contributed by atoms with Crippen molar-refractivity contribution in [1.29, 1.82) is 0 Å². The van der Waals surface area contributed by atoms with Crippen LogP contribution in [-0.2, 0) is 0 Å². The van der Waals surface area contributed by atoms with Gasteiger partial charge in [0.1, 0.15) is 0 Å². The van der Waals surface area contributed by atoms with Crippen LogP contribution in [0.5, 0.6) is 0 Å². The predicted octanol–water partition coefficient (Wildman–Crippen LogP) is 8.48. The van der Waals surface area contributed by atoms with Gasteiger partial charge in [0, 0.05) is 18.1 Å². The molecule has 0 radical (unpaired) electrons. The third-order valence-corrected chi connectivity index (χ3v) is 12.4. The maximum Gasteiger partial charge on any atom is 0.0780 e. The molecule has 3 aromatic rings. The molecule has 0 saturated carbocycles. The molecule has 0 amide bonds. The van der Waals surface area contributed by atoms with E-state index in [1.165, 1.54) is 43.5 Å². The third kappa shape index (κ3) is 2.39. The smallest absolute Gasteiger partial charge is 0.0780 e. The molecule has 24 heavy (non-hydrogen) atoms. The van der Waals surface area contributed by atoms with Gasteiger partial charge in [0.25, 0.3) is 0 Å². The van der Waals surface area contributed by atoms with E-state index in [4.69, 9.17) is 11.6 Å². The highest BCUT2D eigenvalue weighted by Gasteiger charge is 2.25. The van der Waals surface area contributed by atoms with Gasteiger partial charge in [-0.1, -0.05) is 46.6 Å². The Balaban J connectivity index is 2.38. The monoisotopic (exact) mass is 375 g/mol. The van der Waals surface area contributed by atoms with Crippen molar-refractivity contribution in [1.82, 2.24) is 0 Å². The summed E-state index contributed by atoms with van der Waals surface area (Å²) in [5.41, 5.74) is 5.89. The molecular formula is C21H26ClP2-. The molecule has 3 rings (SSSR count). The summed E-state index contributed by atoms with van der Waals surface area (Å²) >= 11 is 6.75. The van der Waals surface area contributed by atoms with Gasteiger partial charge in [-0.05, 0) is 32.0 Å². The summed E-state index contributed by atoms with van der Waals surface area (Å²) in [5.74, 6) is 0. The van der Waals surface area contributed by atoms with E-state index in [9.17, 15) is 0 Å². The lowest BCUT2D eigenvalue weighted by atomic mass is 10.2. The second-order valence-corrected chi connectivity index (χ2v) is 12.3. The molecule has 2 aromatic heterocycles. The average molecular weight is 376 g/mol. The fourth-order valence-electron chi connectivity index (χ4n) is 3.79. The lowest BCUT2D eigenvalue weighted by molar-refractivity contribution is 1.32. The van der Waals surface area contributed by atoms with Crippen LogP contribution < -0.4 is 0 Å². The van der Waals surface area contributed by atoms with Crippen molar-refractivity contribution in [3.05, 3.63) is 60.6 Å². The topological polar surface area (TPSA) is 0 Å². The number of hydrogen-bond acceptors (Lipinski definition) is 0. The number of rotatable bonds is 2. The quantitative estimate of drug-likeness (QED) is 0.394. The zero-order valence-corrected chi connectivity index (χ0v) is 18.5. The molecule has 0 aliphatic heterocycles. The Labute approximate surface area is 153 Å². The summed E-state index contributed by atoms with van der Waals surface area (Å²) in [6.07, 6.45) is 0. The largest absolute Gasteiger partial charge is 0.187 e. The van der Waals surface area contributed by atoms with Crippen LogP contribution in [0, 0.1) is 55.4 Å². The number of halogens is 1. The van der Waals surface area contributed by atoms with Crippen LogP contribution in [0.4, 0.5) is 0 Å². The van der Waals surface area contributed by atoms with Crippen molar-refractivity contribution in [3.63, 3.8) is 0 Å². The molecule has 0 nitrogen and oxygen atoms in total. The normalized spacial score (nSPS) is 13.0. The Hall–Kier alpha value is -0.800. The summed E-state index contributed by atoms with van der Waals surface area (Å²) in [6, 6.07) is 4.43. The number of hydrogen-bond donors (Lipinski definition) is 0. The molecule has 0 fully saturated rings. The molecule has 0 saturated heterocycles. The third-order valence-electron chi connectivity index (χ3n) is 5.96. The van der Waals surface area contributed by atoms with Crippen molar-refractivity contribution in [2.24, 2.45) is 0 Å². The maximum absolute atomic E-state index is 6.75. The van der Waals surface area contributed by atoms with Crippen LogP contribution in [0.2, 0.25) is 5.02 Å². The fourth-order valence-corrected chi connectivity index (χ4v) is 10.4. The van der Waals surface area contributed by atoms with Gasteiger partial charge in [0.2, 0.25) is 0 Å². The highest BCUT2D eigenvalue weighted by atomic mass is 35.5. The average Bonchev–Trinajstić information content (AvgIpc) is 3.06. The minimum atomic E-state index is -0.430. The SMILES string of the molecule is Cc1c(C)[c-](C)[p+](-c2c(Cl)cc[c-]2-[p+]2c(C)c(C)c(C)[c-]2C)c1C. The van der Waals surface area contributed by atoms with Gasteiger partial charge < -0.3 is 0 Å². The van der Waals surface area contributed by atoms with Gasteiger partial charge in [-0.2, -0.15) is 28.8 Å². The molecule has 0 unspecified atom stereocenters. The summed E-state index contributed by atoms with van der Waals surface area (Å²) in [4.78, 5) is 0. The Morgan fingerprint density at radius 1 is 0.833 bits per heavy atom. The van der Waals surface area contributed by atoms with E-state index >= 15 is 0 Å². The zero-order valence-electron chi connectivity index (χ0n) is 15.9. The van der Waals surface area contributed by atoms with Crippen LogP contribution in [0.3, 0.4) is 0 Å². The van der Waals surface area contributed by atoms with Crippen molar-refractivity contribution in [2.75, 3.05) is 0 Å². The van der Waals surface area contributed by atoms with E-state index in [2.05, 4.69) is 67.5 Å². The van der Waals surface area contributed by atoms with E-state index in [0.29, 0.717) is 0 Å². The first-order valence-corrected chi connectivity index (χ1v) is 11.5. The minimum Gasteiger partial charge on any atom is -0.187 e. The first-order valence-electron chi connectivity index (χ1n) is 8.44. The maximum atomic E-state index is 6.75. The summed E-state index contributed by atoms with van der Waals surface area (Å²) in [7, 11) is -0.809. The van der Waals surface area contributed by atoms with Gasteiger partial charge in [0.15, 0.2) is 0 Å². The van der Waals surface area contributed by atoms with Gasteiger partial charge in [-0.3, -0.25) is 0 Å². The van der Waals surface area contributed by atoms with Crippen molar-refractivity contribution in [3.8, 4) is 10.6 Å². The second kappa shape index (κ2) is 6.17. The molecule has 0 spiro atoms. The molecule has 3 heteroatoms. The molecule has 0 atom stereocenters. The Bertz CT molecular complexity index is 897. The first-order chi connectivity index (χ1) is 11.2. The molecule has 0 N–H and O–H groups in total. The second-order valence-electron chi connectivity index (χ2n) is 6.93.